The monoisotopic (exact) mass is 204 g/mol. The van der Waals surface area contributed by atoms with Crippen molar-refractivity contribution < 1.29 is 5.11 Å². The molecule has 2 unspecified atom stereocenters. The van der Waals surface area contributed by atoms with E-state index in [1.54, 1.807) is 12.4 Å². The molecule has 2 atom stereocenters. The van der Waals surface area contributed by atoms with E-state index in [4.69, 9.17) is 0 Å². The molecule has 3 nitrogen and oxygen atoms in total. The molecule has 15 heavy (non-hydrogen) atoms. The lowest BCUT2D eigenvalue weighted by Crippen LogP contribution is -2.27. The van der Waals surface area contributed by atoms with Gasteiger partial charge in [-0.15, -0.1) is 0 Å². The van der Waals surface area contributed by atoms with E-state index in [1.165, 1.54) is 6.33 Å². The van der Waals surface area contributed by atoms with E-state index in [2.05, 4.69) is 23.0 Å². The van der Waals surface area contributed by atoms with Gasteiger partial charge in [0.05, 0.1) is 0 Å². The van der Waals surface area contributed by atoms with Crippen LogP contribution in [0.2, 0.25) is 0 Å². The Balaban J connectivity index is 2.23. The zero-order chi connectivity index (χ0) is 10.7. The highest BCUT2D eigenvalue weighted by Crippen LogP contribution is 2.34. The van der Waals surface area contributed by atoms with Gasteiger partial charge in [-0.1, -0.05) is 19.1 Å². The quantitative estimate of drug-likeness (QED) is 0.750. The topological polar surface area (TPSA) is 46.0 Å². The first-order valence-electron chi connectivity index (χ1n) is 5.42. The molecule has 3 heteroatoms. The van der Waals surface area contributed by atoms with Gasteiger partial charge >= 0.3 is 0 Å². The Morgan fingerprint density at radius 2 is 2.20 bits per heavy atom. The van der Waals surface area contributed by atoms with Crippen molar-refractivity contribution in [3.05, 3.63) is 36.4 Å². The largest absolute Gasteiger partial charge is 0.381 e. The molecule has 0 saturated carbocycles. The predicted molar refractivity (Wildman–Crippen MR) is 58.1 cm³/mol. The van der Waals surface area contributed by atoms with Crippen LogP contribution in [0.4, 0.5) is 0 Å². The van der Waals surface area contributed by atoms with E-state index < -0.39 is 5.60 Å². The molecule has 1 aromatic rings. The summed E-state index contributed by atoms with van der Waals surface area (Å²) < 4.78 is 0. The van der Waals surface area contributed by atoms with Gasteiger partial charge in [0.15, 0.2) is 0 Å². The van der Waals surface area contributed by atoms with Gasteiger partial charge in [0.25, 0.3) is 0 Å². The van der Waals surface area contributed by atoms with Crippen LogP contribution in [0, 0.1) is 5.92 Å². The number of aliphatic hydroxyl groups is 1. The number of hydrogen-bond donors (Lipinski definition) is 1. The number of rotatable bonds is 2. The summed E-state index contributed by atoms with van der Waals surface area (Å²) in [6, 6.07) is 0. The predicted octanol–water partition coefficient (Wildman–Crippen LogP) is 2.04. The lowest BCUT2D eigenvalue weighted by Gasteiger charge is -2.30. The van der Waals surface area contributed by atoms with Crippen LogP contribution in [0.5, 0.6) is 0 Å². The van der Waals surface area contributed by atoms with Crippen LogP contribution in [-0.2, 0) is 5.60 Å². The van der Waals surface area contributed by atoms with Crippen molar-refractivity contribution in [2.75, 3.05) is 0 Å². The van der Waals surface area contributed by atoms with E-state index in [1.807, 2.05) is 6.08 Å². The van der Waals surface area contributed by atoms with Crippen molar-refractivity contribution in [2.45, 2.75) is 31.8 Å². The molecule has 0 amide bonds. The average molecular weight is 204 g/mol. The summed E-state index contributed by atoms with van der Waals surface area (Å²) in [4.78, 5) is 7.88. The first kappa shape index (κ1) is 10.3. The molecular formula is C12H16N2O. The molecular weight excluding hydrogens is 188 g/mol. The molecule has 2 rings (SSSR count). The maximum Gasteiger partial charge on any atom is 0.115 e. The van der Waals surface area contributed by atoms with E-state index in [-0.39, 0.29) is 0 Å². The molecule has 1 N–H and O–H groups in total. The number of aromatic nitrogens is 2. The summed E-state index contributed by atoms with van der Waals surface area (Å²) in [5.74, 6) is 0.606. The van der Waals surface area contributed by atoms with Crippen molar-refractivity contribution in [1.29, 1.82) is 0 Å². The second-order valence-electron chi connectivity index (χ2n) is 4.12. The standard InChI is InChI=1S/C12H16N2O/c1-2-10-3-5-12(15,6-4-10)11-7-13-9-14-8-11/h3,5,7-10,15H,2,4,6H2,1H3. The summed E-state index contributed by atoms with van der Waals surface area (Å²) in [5.41, 5.74) is -0.0665. The van der Waals surface area contributed by atoms with Gasteiger partial charge in [-0.25, -0.2) is 9.97 Å². The third-order valence-electron chi connectivity index (χ3n) is 3.13. The van der Waals surface area contributed by atoms with Crippen LogP contribution in [-0.4, -0.2) is 15.1 Å². The maximum absolute atomic E-state index is 10.4. The molecule has 0 radical (unpaired) electrons. The van der Waals surface area contributed by atoms with Crippen molar-refractivity contribution in [1.82, 2.24) is 9.97 Å². The summed E-state index contributed by atoms with van der Waals surface area (Å²) >= 11 is 0. The molecule has 0 aliphatic heterocycles. The van der Waals surface area contributed by atoms with Crippen LogP contribution in [0.3, 0.4) is 0 Å². The first-order valence-corrected chi connectivity index (χ1v) is 5.42. The smallest absolute Gasteiger partial charge is 0.115 e. The van der Waals surface area contributed by atoms with E-state index >= 15 is 0 Å². The minimum absolute atomic E-state index is 0.606. The highest BCUT2D eigenvalue weighted by molar-refractivity contribution is 5.23. The van der Waals surface area contributed by atoms with Gasteiger partial charge in [-0.05, 0) is 25.2 Å². The van der Waals surface area contributed by atoms with Crippen LogP contribution in [0.15, 0.2) is 30.9 Å². The molecule has 1 aromatic heterocycles. The molecule has 0 saturated heterocycles. The van der Waals surface area contributed by atoms with Crippen LogP contribution >= 0.6 is 0 Å². The minimum Gasteiger partial charge on any atom is -0.381 e. The highest BCUT2D eigenvalue weighted by Gasteiger charge is 2.30. The van der Waals surface area contributed by atoms with Crippen LogP contribution < -0.4 is 0 Å². The van der Waals surface area contributed by atoms with Crippen LogP contribution in [0.25, 0.3) is 0 Å². The Labute approximate surface area is 89.9 Å². The Kier molecular flexibility index (Phi) is 2.82. The molecule has 1 aliphatic carbocycles. The Hall–Kier alpha value is -1.22. The SMILES string of the molecule is CCC1C=CC(O)(c2cncnc2)CC1. The summed E-state index contributed by atoms with van der Waals surface area (Å²) in [6.07, 6.45) is 11.8. The van der Waals surface area contributed by atoms with Gasteiger partial charge < -0.3 is 5.11 Å². The molecule has 0 fully saturated rings. The first-order chi connectivity index (χ1) is 7.24. The Morgan fingerprint density at radius 3 is 2.73 bits per heavy atom. The Morgan fingerprint density at radius 1 is 1.47 bits per heavy atom. The number of allylic oxidation sites excluding steroid dienone is 1. The summed E-state index contributed by atoms with van der Waals surface area (Å²) in [5, 5.41) is 10.4. The second kappa shape index (κ2) is 4.11. The van der Waals surface area contributed by atoms with Gasteiger partial charge in [0.2, 0.25) is 0 Å². The van der Waals surface area contributed by atoms with Crippen molar-refractivity contribution in [3.8, 4) is 0 Å². The van der Waals surface area contributed by atoms with Crippen molar-refractivity contribution in [2.24, 2.45) is 5.92 Å². The Bertz CT molecular complexity index is 350. The summed E-state index contributed by atoms with van der Waals surface area (Å²) in [6.45, 7) is 2.17. The average Bonchev–Trinajstić information content (AvgIpc) is 2.31. The molecule has 1 heterocycles. The van der Waals surface area contributed by atoms with Gasteiger partial charge in [0.1, 0.15) is 11.9 Å². The van der Waals surface area contributed by atoms with E-state index in [9.17, 15) is 5.11 Å². The third kappa shape index (κ3) is 2.07. The fraction of sp³-hybridized carbons (Fsp3) is 0.500. The lowest BCUT2D eigenvalue weighted by atomic mass is 9.81. The zero-order valence-corrected chi connectivity index (χ0v) is 8.93. The highest BCUT2D eigenvalue weighted by atomic mass is 16.3. The molecule has 0 aromatic carbocycles. The van der Waals surface area contributed by atoms with E-state index in [0.29, 0.717) is 5.92 Å². The number of nitrogens with zero attached hydrogens (tertiary/aromatic N) is 2. The fourth-order valence-electron chi connectivity index (χ4n) is 1.98. The molecule has 0 bridgehead atoms. The van der Waals surface area contributed by atoms with Crippen molar-refractivity contribution >= 4 is 0 Å². The third-order valence-corrected chi connectivity index (χ3v) is 3.13. The molecule has 80 valence electrons. The normalized spacial score (nSPS) is 30.4. The zero-order valence-electron chi connectivity index (χ0n) is 8.93. The summed E-state index contributed by atoms with van der Waals surface area (Å²) in [7, 11) is 0. The number of hydrogen-bond acceptors (Lipinski definition) is 3. The second-order valence-corrected chi connectivity index (χ2v) is 4.12. The van der Waals surface area contributed by atoms with E-state index in [0.717, 1.165) is 24.8 Å². The van der Waals surface area contributed by atoms with Gasteiger partial charge in [-0.2, -0.15) is 0 Å². The molecule has 1 aliphatic rings. The molecule has 0 spiro atoms. The van der Waals surface area contributed by atoms with Gasteiger partial charge in [0, 0.05) is 18.0 Å². The maximum atomic E-state index is 10.4. The van der Waals surface area contributed by atoms with Crippen molar-refractivity contribution in [3.63, 3.8) is 0 Å². The van der Waals surface area contributed by atoms with Gasteiger partial charge in [-0.3, -0.25) is 0 Å². The fourth-order valence-corrected chi connectivity index (χ4v) is 1.98. The minimum atomic E-state index is -0.854. The lowest BCUT2D eigenvalue weighted by molar-refractivity contribution is 0.0653. The van der Waals surface area contributed by atoms with Crippen LogP contribution in [0.1, 0.15) is 31.7 Å².